The van der Waals surface area contributed by atoms with Crippen LogP contribution in [-0.4, -0.2) is 15.6 Å². The smallest absolute Gasteiger partial charge is 0.335 e. The van der Waals surface area contributed by atoms with Crippen molar-refractivity contribution < 1.29 is 14.6 Å². The fourth-order valence-corrected chi connectivity index (χ4v) is 3.39. The molecule has 7 heteroatoms. The van der Waals surface area contributed by atoms with Crippen LogP contribution in [0.25, 0.3) is 0 Å². The lowest BCUT2D eigenvalue weighted by Gasteiger charge is -2.16. The number of hydrogen-bond donors (Lipinski definition) is 1. The van der Waals surface area contributed by atoms with Crippen LogP contribution in [0.4, 0.5) is 0 Å². The number of hydrogen-bond acceptors (Lipinski definition) is 3. The number of benzene rings is 2. The van der Waals surface area contributed by atoms with Crippen molar-refractivity contribution >= 4 is 29.2 Å². The van der Waals surface area contributed by atoms with Crippen LogP contribution in [0.5, 0.6) is 5.75 Å². The third-order valence-electron chi connectivity index (χ3n) is 4.53. The van der Waals surface area contributed by atoms with Gasteiger partial charge in [0.1, 0.15) is 17.4 Å². The molecule has 1 aromatic heterocycles. The molecule has 0 bridgehead atoms. The molecule has 0 aliphatic carbocycles. The number of nitrogens with zero attached hydrogens (tertiary/aromatic N) is 1. The molecule has 0 radical (unpaired) electrons. The number of rotatable bonds is 7. The number of carboxylic acid groups (broad SMARTS) is 1. The molecule has 2 aromatic carbocycles. The third kappa shape index (κ3) is 5.19. The number of pyridine rings is 1. The lowest BCUT2D eigenvalue weighted by Crippen LogP contribution is -2.26. The van der Waals surface area contributed by atoms with E-state index in [-0.39, 0.29) is 22.8 Å². The zero-order valence-electron chi connectivity index (χ0n) is 15.7. The molecule has 0 aliphatic rings. The van der Waals surface area contributed by atoms with Crippen LogP contribution >= 0.6 is 23.2 Å². The van der Waals surface area contributed by atoms with Crippen molar-refractivity contribution in [2.75, 3.05) is 0 Å². The lowest BCUT2D eigenvalue weighted by atomic mass is 10.1. The molecular weight excluding hydrogens is 413 g/mol. The van der Waals surface area contributed by atoms with Crippen LogP contribution < -0.4 is 10.3 Å². The Morgan fingerprint density at radius 1 is 1.03 bits per heavy atom. The molecule has 3 rings (SSSR count). The van der Waals surface area contributed by atoms with Crippen molar-refractivity contribution in [3.8, 4) is 5.75 Å². The molecule has 0 aliphatic heterocycles. The van der Waals surface area contributed by atoms with Crippen molar-refractivity contribution in [2.24, 2.45) is 0 Å². The summed E-state index contributed by atoms with van der Waals surface area (Å²) >= 11 is 12.4. The molecule has 29 heavy (non-hydrogen) atoms. The molecule has 0 fully saturated rings. The Labute approximate surface area is 178 Å². The maximum atomic E-state index is 12.6. The minimum absolute atomic E-state index is 0.0373. The fraction of sp³-hybridized carbons (Fsp3) is 0.182. The molecule has 3 aromatic rings. The highest BCUT2D eigenvalue weighted by Crippen LogP contribution is 2.21. The second kappa shape index (κ2) is 9.16. The second-order valence-corrected chi connectivity index (χ2v) is 7.41. The van der Waals surface area contributed by atoms with Crippen molar-refractivity contribution in [1.29, 1.82) is 0 Å². The van der Waals surface area contributed by atoms with Gasteiger partial charge in [0.25, 0.3) is 5.56 Å². The molecule has 0 amide bonds. The Hall–Kier alpha value is -2.76. The van der Waals surface area contributed by atoms with Gasteiger partial charge >= 0.3 is 5.97 Å². The van der Waals surface area contributed by atoms with Crippen LogP contribution in [0.2, 0.25) is 10.0 Å². The summed E-state index contributed by atoms with van der Waals surface area (Å²) < 4.78 is 7.31. The summed E-state index contributed by atoms with van der Waals surface area (Å²) in [6.45, 7) is 2.44. The predicted octanol–water partition coefficient (Wildman–Crippen LogP) is 4.98. The number of carboxylic acids is 1. The van der Waals surface area contributed by atoms with E-state index in [0.29, 0.717) is 29.4 Å². The monoisotopic (exact) mass is 431 g/mol. The fourth-order valence-electron chi connectivity index (χ4n) is 2.86. The van der Waals surface area contributed by atoms with Gasteiger partial charge in [-0.3, -0.25) is 4.79 Å². The minimum atomic E-state index is -0.982. The Morgan fingerprint density at radius 2 is 1.69 bits per heavy atom. The van der Waals surface area contributed by atoms with E-state index in [4.69, 9.17) is 33.0 Å². The van der Waals surface area contributed by atoms with Crippen LogP contribution in [-0.2, 0) is 19.6 Å². The molecule has 1 heterocycles. The van der Waals surface area contributed by atoms with E-state index in [1.807, 2.05) is 31.2 Å². The van der Waals surface area contributed by atoms with E-state index in [1.165, 1.54) is 22.8 Å². The maximum absolute atomic E-state index is 12.6. The summed E-state index contributed by atoms with van der Waals surface area (Å²) in [5, 5.41) is 9.38. The SMILES string of the molecule is Cc1ccc(OCc2c(Cl)cc(Cl)c(=O)n2CCc2ccc(C(=O)O)cc2)cc1. The first-order chi connectivity index (χ1) is 13.8. The zero-order chi connectivity index (χ0) is 21.0. The van der Waals surface area contributed by atoms with Crippen molar-refractivity contribution in [1.82, 2.24) is 4.57 Å². The van der Waals surface area contributed by atoms with E-state index in [0.717, 1.165) is 11.1 Å². The Kier molecular flexibility index (Phi) is 6.62. The summed E-state index contributed by atoms with van der Waals surface area (Å²) in [6, 6.07) is 15.5. The van der Waals surface area contributed by atoms with Gasteiger partial charge in [-0.2, -0.15) is 0 Å². The standard InChI is InChI=1S/C22H19Cl2NO4/c1-14-2-8-17(9-3-14)29-13-20-18(23)12-19(24)21(26)25(20)11-10-15-4-6-16(7-5-15)22(27)28/h2-9,12H,10-11,13H2,1H3,(H,27,28). The van der Waals surface area contributed by atoms with Crippen molar-refractivity contribution in [3.05, 3.63) is 97.4 Å². The van der Waals surface area contributed by atoms with Gasteiger partial charge in [0.2, 0.25) is 0 Å². The van der Waals surface area contributed by atoms with Crippen LogP contribution in [0.1, 0.15) is 27.2 Å². The largest absolute Gasteiger partial charge is 0.487 e. The average molecular weight is 432 g/mol. The average Bonchev–Trinajstić information content (AvgIpc) is 2.70. The predicted molar refractivity (Wildman–Crippen MR) is 113 cm³/mol. The number of aryl methyl sites for hydroxylation is 2. The molecule has 150 valence electrons. The van der Waals surface area contributed by atoms with E-state index in [1.54, 1.807) is 12.1 Å². The number of halogens is 2. The van der Waals surface area contributed by atoms with Crippen molar-refractivity contribution in [2.45, 2.75) is 26.5 Å². The molecule has 0 saturated carbocycles. The van der Waals surface area contributed by atoms with E-state index < -0.39 is 5.97 Å². The highest BCUT2D eigenvalue weighted by molar-refractivity contribution is 6.34. The van der Waals surface area contributed by atoms with Gasteiger partial charge in [0.15, 0.2) is 0 Å². The summed E-state index contributed by atoms with van der Waals surface area (Å²) in [5.74, 6) is -0.310. The van der Waals surface area contributed by atoms with Gasteiger partial charge in [-0.25, -0.2) is 4.79 Å². The van der Waals surface area contributed by atoms with Gasteiger partial charge in [-0.1, -0.05) is 53.0 Å². The molecule has 0 spiro atoms. The van der Waals surface area contributed by atoms with Crippen molar-refractivity contribution in [3.63, 3.8) is 0 Å². The van der Waals surface area contributed by atoms with Gasteiger partial charge < -0.3 is 14.4 Å². The van der Waals surface area contributed by atoms with Gasteiger partial charge in [-0.05, 0) is 49.2 Å². The summed E-state index contributed by atoms with van der Waals surface area (Å²) in [4.78, 5) is 23.6. The number of aromatic nitrogens is 1. The first-order valence-electron chi connectivity index (χ1n) is 8.94. The normalized spacial score (nSPS) is 10.7. The summed E-state index contributed by atoms with van der Waals surface area (Å²) in [5.41, 5.74) is 2.41. The molecular formula is C22H19Cl2NO4. The molecule has 0 atom stereocenters. The maximum Gasteiger partial charge on any atom is 0.335 e. The Balaban J connectivity index is 1.81. The van der Waals surface area contributed by atoms with Crippen LogP contribution in [0.3, 0.4) is 0 Å². The molecule has 5 nitrogen and oxygen atoms in total. The molecule has 0 unspecified atom stereocenters. The first-order valence-corrected chi connectivity index (χ1v) is 9.70. The Bertz CT molecular complexity index is 1070. The van der Waals surface area contributed by atoms with E-state index in [9.17, 15) is 9.59 Å². The topological polar surface area (TPSA) is 68.5 Å². The van der Waals surface area contributed by atoms with Crippen LogP contribution in [0.15, 0.2) is 59.4 Å². The number of ether oxygens (including phenoxy) is 1. The Morgan fingerprint density at radius 3 is 2.31 bits per heavy atom. The minimum Gasteiger partial charge on any atom is -0.487 e. The zero-order valence-corrected chi connectivity index (χ0v) is 17.2. The first kappa shape index (κ1) is 21.0. The third-order valence-corrected chi connectivity index (χ3v) is 5.12. The number of carbonyl (C=O) groups is 1. The van der Waals surface area contributed by atoms with E-state index in [2.05, 4.69) is 0 Å². The van der Waals surface area contributed by atoms with E-state index >= 15 is 0 Å². The van der Waals surface area contributed by atoms with Crippen LogP contribution in [0, 0.1) is 6.92 Å². The lowest BCUT2D eigenvalue weighted by molar-refractivity contribution is 0.0697. The summed E-state index contributed by atoms with van der Waals surface area (Å²) in [6.07, 6.45) is 0.508. The molecule has 0 saturated heterocycles. The number of aromatic carboxylic acids is 1. The second-order valence-electron chi connectivity index (χ2n) is 6.60. The van der Waals surface area contributed by atoms with Gasteiger partial charge in [-0.15, -0.1) is 0 Å². The summed E-state index contributed by atoms with van der Waals surface area (Å²) in [7, 11) is 0. The molecule has 1 N–H and O–H groups in total. The van der Waals surface area contributed by atoms with Gasteiger partial charge in [0.05, 0.1) is 16.3 Å². The quantitative estimate of drug-likeness (QED) is 0.572. The highest BCUT2D eigenvalue weighted by Gasteiger charge is 2.14. The highest BCUT2D eigenvalue weighted by atomic mass is 35.5. The van der Waals surface area contributed by atoms with Gasteiger partial charge in [0, 0.05) is 6.54 Å².